The molecule has 1 aromatic heterocycles. The van der Waals surface area contributed by atoms with Crippen molar-refractivity contribution in [3.05, 3.63) is 66.5 Å². The number of carbonyl (C=O) groups is 1. The van der Waals surface area contributed by atoms with Crippen LogP contribution in [0.5, 0.6) is 5.75 Å². The zero-order valence-electron chi connectivity index (χ0n) is 16.2. The number of likely N-dealkylation sites (N-methyl/N-ethyl adjacent to an activating group) is 1. The van der Waals surface area contributed by atoms with Gasteiger partial charge in [-0.3, -0.25) is 4.79 Å². The maximum Gasteiger partial charge on any atom is 0.277 e. The number of hydrogen-bond acceptors (Lipinski definition) is 5. The quantitative estimate of drug-likeness (QED) is 0.618. The van der Waals surface area contributed by atoms with Crippen LogP contribution in [0, 0.1) is 0 Å². The number of rotatable bonds is 9. The summed E-state index contributed by atoms with van der Waals surface area (Å²) in [6.45, 7) is 7.60. The van der Waals surface area contributed by atoms with E-state index in [4.69, 9.17) is 4.74 Å². The Hall–Kier alpha value is -3.19. The molecule has 0 bridgehead atoms. The molecule has 0 aliphatic rings. The molecule has 146 valence electrons. The van der Waals surface area contributed by atoms with Crippen molar-refractivity contribution >= 4 is 11.6 Å². The number of amides is 1. The van der Waals surface area contributed by atoms with Gasteiger partial charge in [0.05, 0.1) is 17.6 Å². The lowest BCUT2D eigenvalue weighted by atomic mass is 10.3. The summed E-state index contributed by atoms with van der Waals surface area (Å²) in [4.78, 5) is 16.3. The predicted molar refractivity (Wildman–Crippen MR) is 109 cm³/mol. The molecule has 7 nitrogen and oxygen atoms in total. The van der Waals surface area contributed by atoms with E-state index in [1.807, 2.05) is 54.6 Å². The fourth-order valence-electron chi connectivity index (χ4n) is 2.76. The topological polar surface area (TPSA) is 72.3 Å². The van der Waals surface area contributed by atoms with Gasteiger partial charge in [0.25, 0.3) is 5.91 Å². The first-order valence-electron chi connectivity index (χ1n) is 9.44. The van der Waals surface area contributed by atoms with Gasteiger partial charge in [-0.05, 0) is 37.4 Å². The maximum atomic E-state index is 12.6. The highest BCUT2D eigenvalue weighted by Gasteiger charge is 2.14. The van der Waals surface area contributed by atoms with Crippen molar-refractivity contribution in [1.82, 2.24) is 19.9 Å². The van der Waals surface area contributed by atoms with Gasteiger partial charge in [0.1, 0.15) is 12.4 Å². The van der Waals surface area contributed by atoms with Gasteiger partial charge in [0.15, 0.2) is 5.69 Å². The molecule has 0 spiro atoms. The van der Waals surface area contributed by atoms with E-state index in [0.29, 0.717) is 18.0 Å². The highest BCUT2D eigenvalue weighted by atomic mass is 16.5. The van der Waals surface area contributed by atoms with Crippen LogP contribution in [0.2, 0.25) is 0 Å². The monoisotopic (exact) mass is 379 g/mol. The van der Waals surface area contributed by atoms with Crippen molar-refractivity contribution in [2.75, 3.05) is 31.6 Å². The molecular weight excluding hydrogens is 354 g/mol. The van der Waals surface area contributed by atoms with Gasteiger partial charge in [-0.25, -0.2) is 0 Å². The number of nitrogens with one attached hydrogen (secondary N) is 1. The van der Waals surface area contributed by atoms with E-state index in [-0.39, 0.29) is 11.6 Å². The van der Waals surface area contributed by atoms with Crippen LogP contribution in [0.15, 0.2) is 60.8 Å². The molecule has 0 saturated heterocycles. The Kier molecular flexibility index (Phi) is 6.75. The first-order valence-corrected chi connectivity index (χ1v) is 9.44. The lowest BCUT2D eigenvalue weighted by Crippen LogP contribution is -2.28. The average molecular weight is 379 g/mol. The van der Waals surface area contributed by atoms with Crippen molar-refractivity contribution in [2.45, 2.75) is 13.8 Å². The van der Waals surface area contributed by atoms with Crippen LogP contribution in [0.3, 0.4) is 0 Å². The molecule has 0 aliphatic heterocycles. The second-order valence-electron chi connectivity index (χ2n) is 6.18. The van der Waals surface area contributed by atoms with Crippen LogP contribution in [0.4, 0.5) is 5.69 Å². The summed E-state index contributed by atoms with van der Waals surface area (Å²) in [5, 5.41) is 11.3. The van der Waals surface area contributed by atoms with Crippen LogP contribution in [0.1, 0.15) is 24.3 Å². The predicted octanol–water partition coefficient (Wildman–Crippen LogP) is 3.24. The van der Waals surface area contributed by atoms with Crippen molar-refractivity contribution in [3.63, 3.8) is 0 Å². The first-order chi connectivity index (χ1) is 13.7. The molecule has 7 heteroatoms. The number of aromatic nitrogens is 3. The average Bonchev–Trinajstić information content (AvgIpc) is 3.23. The van der Waals surface area contributed by atoms with E-state index in [2.05, 4.69) is 34.3 Å². The molecule has 1 amide bonds. The molecule has 0 aliphatic carbocycles. The van der Waals surface area contributed by atoms with Crippen LogP contribution < -0.4 is 10.1 Å². The van der Waals surface area contributed by atoms with Gasteiger partial charge in [0, 0.05) is 6.54 Å². The molecule has 1 N–H and O–H groups in total. The van der Waals surface area contributed by atoms with Gasteiger partial charge >= 0.3 is 0 Å². The number of benzene rings is 2. The SMILES string of the molecule is CCN(CC)CCOc1ccccc1NC(=O)c1cnn(-c2ccccc2)n1. The van der Waals surface area contributed by atoms with Gasteiger partial charge < -0.3 is 15.0 Å². The number of nitrogens with zero attached hydrogens (tertiary/aromatic N) is 4. The van der Waals surface area contributed by atoms with Crippen LogP contribution in [-0.4, -0.2) is 52.0 Å². The number of carbonyl (C=O) groups excluding carboxylic acids is 1. The molecule has 0 atom stereocenters. The summed E-state index contributed by atoms with van der Waals surface area (Å²) in [6.07, 6.45) is 1.45. The van der Waals surface area contributed by atoms with E-state index in [1.54, 1.807) is 0 Å². The fraction of sp³-hybridized carbons (Fsp3) is 0.286. The summed E-state index contributed by atoms with van der Waals surface area (Å²) < 4.78 is 5.88. The Bertz CT molecular complexity index is 891. The second kappa shape index (κ2) is 9.66. The largest absolute Gasteiger partial charge is 0.490 e. The lowest BCUT2D eigenvalue weighted by molar-refractivity contribution is 0.102. The number of ether oxygens (including phenoxy) is 1. The van der Waals surface area contributed by atoms with Crippen LogP contribution >= 0.6 is 0 Å². The van der Waals surface area contributed by atoms with Crippen molar-refractivity contribution in [1.29, 1.82) is 0 Å². The molecule has 3 rings (SSSR count). The zero-order chi connectivity index (χ0) is 19.8. The first kappa shape index (κ1) is 19.6. The van der Waals surface area contributed by atoms with Crippen molar-refractivity contribution in [2.24, 2.45) is 0 Å². The summed E-state index contributed by atoms with van der Waals surface area (Å²) in [5.74, 6) is 0.306. The fourth-order valence-corrected chi connectivity index (χ4v) is 2.76. The molecule has 28 heavy (non-hydrogen) atoms. The number of anilines is 1. The molecule has 3 aromatic rings. The Balaban J connectivity index is 1.65. The summed E-state index contributed by atoms with van der Waals surface area (Å²) in [7, 11) is 0. The highest BCUT2D eigenvalue weighted by Crippen LogP contribution is 2.24. The Morgan fingerprint density at radius 2 is 1.79 bits per heavy atom. The van der Waals surface area contributed by atoms with E-state index in [0.717, 1.165) is 25.3 Å². The third-order valence-corrected chi connectivity index (χ3v) is 4.41. The molecule has 0 radical (unpaired) electrons. The second-order valence-corrected chi connectivity index (χ2v) is 6.18. The van der Waals surface area contributed by atoms with E-state index in [9.17, 15) is 4.79 Å². The van der Waals surface area contributed by atoms with E-state index < -0.39 is 0 Å². The minimum Gasteiger partial charge on any atom is -0.490 e. The van der Waals surface area contributed by atoms with Crippen molar-refractivity contribution < 1.29 is 9.53 Å². The van der Waals surface area contributed by atoms with Gasteiger partial charge in [-0.1, -0.05) is 44.2 Å². The van der Waals surface area contributed by atoms with Gasteiger partial charge in [-0.15, -0.1) is 5.10 Å². The zero-order valence-corrected chi connectivity index (χ0v) is 16.2. The van der Waals surface area contributed by atoms with E-state index >= 15 is 0 Å². The van der Waals surface area contributed by atoms with Crippen molar-refractivity contribution in [3.8, 4) is 11.4 Å². The third-order valence-electron chi connectivity index (χ3n) is 4.41. The highest BCUT2D eigenvalue weighted by molar-refractivity contribution is 6.03. The number of hydrogen-bond donors (Lipinski definition) is 1. The Morgan fingerprint density at radius 3 is 2.54 bits per heavy atom. The molecule has 1 heterocycles. The van der Waals surface area contributed by atoms with Gasteiger partial charge in [0.2, 0.25) is 0 Å². The maximum absolute atomic E-state index is 12.6. The smallest absolute Gasteiger partial charge is 0.277 e. The van der Waals surface area contributed by atoms with Crippen LogP contribution in [0.25, 0.3) is 5.69 Å². The van der Waals surface area contributed by atoms with E-state index in [1.165, 1.54) is 11.0 Å². The third kappa shape index (κ3) is 4.95. The number of para-hydroxylation sites is 3. The standard InChI is InChI=1S/C21H25N5O2/c1-3-25(4-2)14-15-28-20-13-9-8-12-18(20)23-21(27)19-16-22-26(24-19)17-10-6-5-7-11-17/h5-13,16H,3-4,14-15H2,1-2H3,(H,23,27). The molecular formula is C21H25N5O2. The Morgan fingerprint density at radius 1 is 1.07 bits per heavy atom. The lowest BCUT2D eigenvalue weighted by Gasteiger charge is -2.19. The molecule has 0 saturated carbocycles. The Labute approximate surface area is 164 Å². The minimum atomic E-state index is -0.332. The summed E-state index contributed by atoms with van der Waals surface area (Å²) in [6, 6.07) is 16.8. The molecule has 0 fully saturated rings. The normalized spacial score (nSPS) is 10.8. The molecule has 0 unspecified atom stereocenters. The van der Waals surface area contributed by atoms with Gasteiger partial charge in [-0.2, -0.15) is 9.90 Å². The van der Waals surface area contributed by atoms with Crippen LogP contribution in [-0.2, 0) is 0 Å². The molecule has 2 aromatic carbocycles. The summed E-state index contributed by atoms with van der Waals surface area (Å²) >= 11 is 0. The minimum absolute atomic E-state index is 0.238. The summed E-state index contributed by atoms with van der Waals surface area (Å²) in [5.41, 5.74) is 1.64.